The van der Waals surface area contributed by atoms with Gasteiger partial charge in [0.05, 0.1) is 18.1 Å². The van der Waals surface area contributed by atoms with Gasteiger partial charge in [-0.2, -0.15) is 0 Å². The number of methoxy groups -OCH3 is 1. The van der Waals surface area contributed by atoms with Gasteiger partial charge in [-0.3, -0.25) is 10.1 Å². The lowest BCUT2D eigenvalue weighted by Gasteiger charge is -2.25. The molecule has 0 unspecified atom stereocenters. The molecule has 8 nitrogen and oxygen atoms in total. The Morgan fingerprint density at radius 2 is 2.05 bits per heavy atom. The first-order chi connectivity index (χ1) is 9.63. The molecule has 0 atom stereocenters. The quantitative estimate of drug-likeness (QED) is 0.573. The molecule has 0 aliphatic carbocycles. The molecule has 0 heterocycles. The van der Waals surface area contributed by atoms with Crippen molar-refractivity contribution in [1.29, 1.82) is 0 Å². The molecule has 0 saturated heterocycles. The molecule has 1 aromatic carbocycles. The van der Waals surface area contributed by atoms with Gasteiger partial charge >= 0.3 is 0 Å². The van der Waals surface area contributed by atoms with E-state index in [9.17, 15) is 18.5 Å². The highest BCUT2D eigenvalue weighted by atomic mass is 32.2. The fraction of sp³-hybridized carbons (Fsp3) is 0.500. The molecule has 0 spiro atoms. The predicted molar refractivity (Wildman–Crippen MR) is 75.8 cm³/mol. The van der Waals surface area contributed by atoms with E-state index in [0.717, 1.165) is 18.2 Å². The molecule has 21 heavy (non-hydrogen) atoms. The summed E-state index contributed by atoms with van der Waals surface area (Å²) in [6.45, 7) is 3.07. The van der Waals surface area contributed by atoms with Gasteiger partial charge in [-0.05, 0) is 26.3 Å². The molecule has 0 aliphatic rings. The van der Waals surface area contributed by atoms with Crippen molar-refractivity contribution in [1.82, 2.24) is 4.72 Å². The topological polar surface area (TPSA) is 119 Å². The van der Waals surface area contributed by atoms with Gasteiger partial charge in [0.25, 0.3) is 5.69 Å². The van der Waals surface area contributed by atoms with E-state index in [2.05, 4.69) is 4.72 Å². The number of nitro groups is 1. The van der Waals surface area contributed by atoms with Crippen molar-refractivity contribution in [2.75, 3.05) is 13.7 Å². The maximum absolute atomic E-state index is 12.3. The standard InChI is InChI=1S/C12H18N2O6S/c1-12(2,6-7-15)13-21(18,19)11-5-4-9(14(16)17)8-10(11)20-3/h4-5,8,13,15H,6-7H2,1-3H3. The van der Waals surface area contributed by atoms with Gasteiger partial charge in [0, 0.05) is 18.2 Å². The van der Waals surface area contributed by atoms with Crippen LogP contribution in [0.5, 0.6) is 5.75 Å². The predicted octanol–water partition coefficient (Wildman–Crippen LogP) is 1.04. The number of aliphatic hydroxyl groups excluding tert-OH is 1. The van der Waals surface area contributed by atoms with Crippen molar-refractivity contribution in [3.63, 3.8) is 0 Å². The number of aliphatic hydroxyl groups is 1. The molecule has 0 saturated carbocycles. The first kappa shape index (κ1) is 17.3. The normalized spacial score (nSPS) is 12.2. The first-order valence-electron chi connectivity index (χ1n) is 6.10. The summed E-state index contributed by atoms with van der Waals surface area (Å²) in [6.07, 6.45) is 0.224. The van der Waals surface area contributed by atoms with Crippen LogP contribution in [0, 0.1) is 10.1 Å². The summed E-state index contributed by atoms with van der Waals surface area (Å²) in [5.41, 5.74) is -1.12. The number of hydrogen-bond donors (Lipinski definition) is 2. The Morgan fingerprint density at radius 1 is 1.43 bits per heavy atom. The maximum Gasteiger partial charge on any atom is 0.273 e. The zero-order valence-electron chi connectivity index (χ0n) is 12.0. The van der Waals surface area contributed by atoms with E-state index in [1.165, 1.54) is 7.11 Å². The van der Waals surface area contributed by atoms with Crippen LogP contribution in [0.3, 0.4) is 0 Å². The Hall–Kier alpha value is -1.71. The Kier molecular flexibility index (Phi) is 5.26. The second kappa shape index (κ2) is 6.37. The molecule has 2 N–H and O–H groups in total. The molecular formula is C12H18N2O6S. The van der Waals surface area contributed by atoms with Crippen molar-refractivity contribution < 1.29 is 23.2 Å². The van der Waals surface area contributed by atoms with Crippen LogP contribution in [-0.2, 0) is 10.0 Å². The van der Waals surface area contributed by atoms with Crippen molar-refractivity contribution in [3.05, 3.63) is 28.3 Å². The SMILES string of the molecule is COc1cc([N+](=O)[O-])ccc1S(=O)(=O)NC(C)(C)CCO. The second-order valence-corrected chi connectivity index (χ2v) is 6.71. The van der Waals surface area contributed by atoms with E-state index in [4.69, 9.17) is 9.84 Å². The summed E-state index contributed by atoms with van der Waals surface area (Å²) in [7, 11) is -2.70. The molecule has 0 fully saturated rings. The van der Waals surface area contributed by atoms with Crippen LogP contribution in [0.2, 0.25) is 0 Å². The zero-order valence-corrected chi connectivity index (χ0v) is 12.8. The van der Waals surface area contributed by atoms with Gasteiger partial charge < -0.3 is 9.84 Å². The van der Waals surface area contributed by atoms with Crippen LogP contribution in [0.4, 0.5) is 5.69 Å². The number of ether oxygens (including phenoxy) is 1. The number of nitrogens with one attached hydrogen (secondary N) is 1. The minimum Gasteiger partial charge on any atom is -0.495 e. The second-order valence-electron chi connectivity index (χ2n) is 5.06. The third-order valence-electron chi connectivity index (χ3n) is 2.80. The van der Waals surface area contributed by atoms with Gasteiger partial charge in [0.2, 0.25) is 10.0 Å². The monoisotopic (exact) mass is 318 g/mol. The molecule has 118 valence electrons. The number of rotatable bonds is 7. The average Bonchev–Trinajstić information content (AvgIpc) is 2.36. The summed E-state index contributed by atoms with van der Waals surface area (Å²) >= 11 is 0. The van der Waals surface area contributed by atoms with Crippen molar-refractivity contribution in [3.8, 4) is 5.75 Å². The van der Waals surface area contributed by atoms with E-state index in [1.807, 2.05) is 0 Å². The molecule has 0 aliphatic heterocycles. The van der Waals surface area contributed by atoms with Gasteiger partial charge in [0.15, 0.2) is 0 Å². The fourth-order valence-electron chi connectivity index (χ4n) is 1.74. The van der Waals surface area contributed by atoms with Crippen LogP contribution < -0.4 is 9.46 Å². The summed E-state index contributed by atoms with van der Waals surface area (Å²) in [5.74, 6) is -0.114. The smallest absolute Gasteiger partial charge is 0.273 e. The first-order valence-corrected chi connectivity index (χ1v) is 7.58. The Bertz CT molecular complexity index is 627. The van der Waals surface area contributed by atoms with E-state index in [0.29, 0.717) is 0 Å². The molecule has 0 radical (unpaired) electrons. The molecule has 1 aromatic rings. The molecule has 1 rings (SSSR count). The number of nitro benzene ring substituents is 1. The molecule has 0 bridgehead atoms. The lowest BCUT2D eigenvalue weighted by Crippen LogP contribution is -2.44. The van der Waals surface area contributed by atoms with Gasteiger partial charge in [-0.25, -0.2) is 13.1 Å². The highest BCUT2D eigenvalue weighted by Crippen LogP contribution is 2.29. The van der Waals surface area contributed by atoms with Crippen LogP contribution in [0.15, 0.2) is 23.1 Å². The molecule has 0 amide bonds. The van der Waals surface area contributed by atoms with Crippen LogP contribution in [0.1, 0.15) is 20.3 Å². The van der Waals surface area contributed by atoms with Crippen LogP contribution in [0.25, 0.3) is 0 Å². The van der Waals surface area contributed by atoms with Crippen molar-refractivity contribution in [2.24, 2.45) is 0 Å². The molecule has 0 aromatic heterocycles. The molecule has 9 heteroatoms. The Morgan fingerprint density at radius 3 is 2.52 bits per heavy atom. The lowest BCUT2D eigenvalue weighted by molar-refractivity contribution is -0.385. The van der Waals surface area contributed by atoms with Crippen molar-refractivity contribution in [2.45, 2.75) is 30.7 Å². The third kappa shape index (κ3) is 4.38. The Labute approximate surface area is 122 Å². The van der Waals surface area contributed by atoms with Gasteiger partial charge in [-0.15, -0.1) is 0 Å². The van der Waals surface area contributed by atoms with E-state index in [-0.39, 0.29) is 29.4 Å². The van der Waals surface area contributed by atoms with Crippen LogP contribution >= 0.6 is 0 Å². The maximum atomic E-state index is 12.3. The largest absolute Gasteiger partial charge is 0.495 e. The molecular weight excluding hydrogens is 300 g/mol. The van der Waals surface area contributed by atoms with Crippen molar-refractivity contribution >= 4 is 15.7 Å². The van der Waals surface area contributed by atoms with E-state index < -0.39 is 20.5 Å². The number of nitrogens with zero attached hydrogens (tertiary/aromatic N) is 1. The summed E-state index contributed by atoms with van der Waals surface area (Å²) in [4.78, 5) is 9.87. The number of sulfonamides is 1. The van der Waals surface area contributed by atoms with Gasteiger partial charge in [-0.1, -0.05) is 0 Å². The number of non-ortho nitro benzene ring substituents is 1. The minimum absolute atomic E-state index is 0.114. The number of benzene rings is 1. The zero-order chi connectivity index (χ0) is 16.3. The highest BCUT2D eigenvalue weighted by Gasteiger charge is 2.29. The van der Waals surface area contributed by atoms with Gasteiger partial charge in [0.1, 0.15) is 10.6 Å². The lowest BCUT2D eigenvalue weighted by atomic mass is 10.0. The third-order valence-corrected chi connectivity index (χ3v) is 4.53. The summed E-state index contributed by atoms with van der Waals surface area (Å²) < 4.78 is 32.0. The highest BCUT2D eigenvalue weighted by molar-refractivity contribution is 7.89. The van der Waals surface area contributed by atoms with E-state index >= 15 is 0 Å². The Balaban J connectivity index is 3.22. The summed E-state index contributed by atoms with van der Waals surface area (Å²) in [5, 5.41) is 19.6. The minimum atomic E-state index is -3.93. The van der Waals surface area contributed by atoms with E-state index in [1.54, 1.807) is 13.8 Å². The van der Waals surface area contributed by atoms with Crippen LogP contribution in [-0.4, -0.2) is 37.7 Å². The fourth-order valence-corrected chi connectivity index (χ4v) is 3.33. The number of hydrogen-bond acceptors (Lipinski definition) is 6. The average molecular weight is 318 g/mol. The summed E-state index contributed by atoms with van der Waals surface area (Å²) in [6, 6.07) is 3.26.